The first kappa shape index (κ1) is 12.1. The molecule has 2 aliphatic rings. The van der Waals surface area contributed by atoms with Gasteiger partial charge < -0.3 is 0 Å². The Morgan fingerprint density at radius 2 is 1.94 bits per heavy atom. The van der Waals surface area contributed by atoms with E-state index in [0.717, 1.165) is 35.6 Å². The van der Waals surface area contributed by atoms with Gasteiger partial charge in [-0.05, 0) is 30.9 Å². The average molecular weight is 258 g/mol. The summed E-state index contributed by atoms with van der Waals surface area (Å²) in [5.74, 6) is 0. The van der Waals surface area contributed by atoms with E-state index >= 15 is 0 Å². The largest absolute Gasteiger partial charge is 0.281 e. The Morgan fingerprint density at radius 3 is 2.62 bits per heavy atom. The molecule has 2 rings (SSSR count). The zero-order valence-corrected chi connectivity index (χ0v) is 10.9. The van der Waals surface area contributed by atoms with E-state index in [4.69, 9.17) is 23.4 Å². The van der Waals surface area contributed by atoms with E-state index in [9.17, 15) is 0 Å². The third kappa shape index (κ3) is 2.46. The highest BCUT2D eigenvalue weighted by Gasteiger charge is 2.24. The highest BCUT2D eigenvalue weighted by molar-refractivity contribution is 6.33. The van der Waals surface area contributed by atoms with Crippen molar-refractivity contribution in [1.82, 2.24) is 4.42 Å². The SMILES string of the molecule is C=C1CC=CC(N(Cl)C2CCCCC2)=C1Cl. The molecule has 1 nitrogen and oxygen atoms in total. The van der Waals surface area contributed by atoms with Crippen LogP contribution in [-0.4, -0.2) is 10.5 Å². The smallest absolute Gasteiger partial charge is 0.0712 e. The Morgan fingerprint density at radius 1 is 1.25 bits per heavy atom. The fourth-order valence-corrected chi connectivity index (χ4v) is 2.94. The molecular formula is C13H17Cl2N. The van der Waals surface area contributed by atoms with Crippen LogP contribution in [0.5, 0.6) is 0 Å². The van der Waals surface area contributed by atoms with Crippen molar-refractivity contribution in [2.24, 2.45) is 0 Å². The third-order valence-electron chi connectivity index (χ3n) is 3.30. The van der Waals surface area contributed by atoms with Gasteiger partial charge in [0.1, 0.15) is 0 Å². The van der Waals surface area contributed by atoms with Crippen molar-refractivity contribution >= 4 is 23.4 Å². The van der Waals surface area contributed by atoms with Gasteiger partial charge in [-0.3, -0.25) is 4.42 Å². The molecule has 1 fully saturated rings. The number of halogens is 2. The minimum atomic E-state index is 0.426. The number of hydrogen-bond acceptors (Lipinski definition) is 1. The van der Waals surface area contributed by atoms with Crippen molar-refractivity contribution in [3.05, 3.63) is 35.0 Å². The maximum absolute atomic E-state index is 6.40. The second kappa shape index (κ2) is 5.29. The predicted molar refractivity (Wildman–Crippen MR) is 70.3 cm³/mol. The van der Waals surface area contributed by atoms with Gasteiger partial charge in [0.2, 0.25) is 0 Å². The first-order chi connectivity index (χ1) is 7.70. The van der Waals surface area contributed by atoms with Crippen LogP contribution in [0.15, 0.2) is 35.0 Å². The Hall–Kier alpha value is -0.400. The molecule has 0 atom stereocenters. The van der Waals surface area contributed by atoms with Gasteiger partial charge in [0.15, 0.2) is 0 Å². The van der Waals surface area contributed by atoms with Crippen molar-refractivity contribution in [1.29, 1.82) is 0 Å². The minimum absolute atomic E-state index is 0.426. The summed E-state index contributed by atoms with van der Waals surface area (Å²) < 4.78 is 1.82. The molecule has 2 aliphatic carbocycles. The Labute approximate surface area is 108 Å². The lowest BCUT2D eigenvalue weighted by atomic mass is 9.94. The van der Waals surface area contributed by atoms with E-state index in [1.54, 1.807) is 0 Å². The molecule has 16 heavy (non-hydrogen) atoms. The maximum Gasteiger partial charge on any atom is 0.0712 e. The van der Waals surface area contributed by atoms with Crippen molar-refractivity contribution in [3.63, 3.8) is 0 Å². The van der Waals surface area contributed by atoms with Crippen LogP contribution < -0.4 is 0 Å². The van der Waals surface area contributed by atoms with E-state index in [0.29, 0.717) is 6.04 Å². The molecule has 88 valence electrons. The molecule has 0 amide bonds. The van der Waals surface area contributed by atoms with Crippen LogP contribution in [-0.2, 0) is 0 Å². The number of nitrogens with zero attached hydrogens (tertiary/aromatic N) is 1. The molecule has 0 heterocycles. The maximum atomic E-state index is 6.40. The normalized spacial score (nSPS) is 22.8. The van der Waals surface area contributed by atoms with E-state index in [1.165, 1.54) is 19.3 Å². The number of allylic oxidation sites excluding steroid dienone is 4. The molecule has 1 saturated carbocycles. The van der Waals surface area contributed by atoms with Crippen LogP contribution in [0.2, 0.25) is 0 Å². The molecule has 0 aromatic carbocycles. The van der Waals surface area contributed by atoms with Gasteiger partial charge in [-0.15, -0.1) is 0 Å². The van der Waals surface area contributed by atoms with E-state index < -0.39 is 0 Å². The van der Waals surface area contributed by atoms with E-state index in [2.05, 4.69) is 12.7 Å². The van der Waals surface area contributed by atoms with Crippen molar-refractivity contribution in [3.8, 4) is 0 Å². The van der Waals surface area contributed by atoms with Gasteiger partial charge in [0.05, 0.1) is 10.7 Å². The quantitative estimate of drug-likeness (QED) is 0.646. The average Bonchev–Trinajstić information content (AvgIpc) is 2.33. The lowest BCUT2D eigenvalue weighted by Gasteiger charge is -2.32. The molecule has 0 unspecified atom stereocenters. The van der Waals surface area contributed by atoms with Gasteiger partial charge in [-0.2, -0.15) is 0 Å². The molecule has 0 aliphatic heterocycles. The van der Waals surface area contributed by atoms with Crippen molar-refractivity contribution in [2.75, 3.05) is 0 Å². The predicted octanol–water partition coefficient (Wildman–Crippen LogP) is 4.74. The monoisotopic (exact) mass is 257 g/mol. The number of rotatable bonds is 2. The zero-order valence-electron chi connectivity index (χ0n) is 9.38. The number of hydrogen-bond donors (Lipinski definition) is 0. The lowest BCUT2D eigenvalue weighted by molar-refractivity contribution is 0.306. The molecule has 0 aromatic heterocycles. The van der Waals surface area contributed by atoms with Crippen LogP contribution >= 0.6 is 23.4 Å². The summed E-state index contributed by atoms with van der Waals surface area (Å²) in [4.78, 5) is 0. The van der Waals surface area contributed by atoms with Gasteiger partial charge in [-0.1, -0.05) is 43.5 Å². The molecule has 0 saturated heterocycles. The molecule has 0 spiro atoms. The molecule has 0 aromatic rings. The second-order valence-corrected chi connectivity index (χ2v) is 5.25. The summed E-state index contributed by atoms with van der Waals surface area (Å²) in [5, 5.41) is 0.725. The van der Waals surface area contributed by atoms with Gasteiger partial charge in [-0.25, -0.2) is 0 Å². The molecule has 0 radical (unpaired) electrons. The fourth-order valence-electron chi connectivity index (χ4n) is 2.33. The Bertz CT molecular complexity index is 338. The summed E-state index contributed by atoms with van der Waals surface area (Å²) >= 11 is 12.6. The van der Waals surface area contributed by atoms with E-state index in [1.807, 2.05) is 10.5 Å². The first-order valence-corrected chi connectivity index (χ1v) is 6.61. The third-order valence-corrected chi connectivity index (χ3v) is 4.22. The standard InChI is InChI=1S/C13H17Cl2N/c1-10-6-5-9-12(13(10)14)16(15)11-7-3-2-4-8-11/h5,9,11H,1-4,6-8H2. The summed E-state index contributed by atoms with van der Waals surface area (Å²) in [7, 11) is 0. The first-order valence-electron chi connectivity index (χ1n) is 5.89. The highest BCUT2D eigenvalue weighted by atomic mass is 35.5. The van der Waals surface area contributed by atoms with Crippen LogP contribution in [0.1, 0.15) is 38.5 Å². The summed E-state index contributed by atoms with van der Waals surface area (Å²) in [6.45, 7) is 3.95. The molecule has 3 heteroatoms. The molecule has 0 bridgehead atoms. The van der Waals surface area contributed by atoms with Crippen LogP contribution in [0.4, 0.5) is 0 Å². The summed E-state index contributed by atoms with van der Waals surface area (Å²) in [5.41, 5.74) is 1.88. The zero-order chi connectivity index (χ0) is 11.5. The van der Waals surface area contributed by atoms with Crippen molar-refractivity contribution in [2.45, 2.75) is 44.6 Å². The lowest BCUT2D eigenvalue weighted by Crippen LogP contribution is -2.29. The van der Waals surface area contributed by atoms with Crippen LogP contribution in [0.25, 0.3) is 0 Å². The van der Waals surface area contributed by atoms with Gasteiger partial charge in [0, 0.05) is 17.8 Å². The van der Waals surface area contributed by atoms with E-state index in [-0.39, 0.29) is 0 Å². The summed E-state index contributed by atoms with van der Waals surface area (Å²) in [6, 6.07) is 0.426. The minimum Gasteiger partial charge on any atom is -0.281 e. The molecular weight excluding hydrogens is 241 g/mol. The highest BCUT2D eigenvalue weighted by Crippen LogP contribution is 2.34. The topological polar surface area (TPSA) is 3.24 Å². The Balaban J connectivity index is 2.13. The van der Waals surface area contributed by atoms with Crippen LogP contribution in [0.3, 0.4) is 0 Å². The van der Waals surface area contributed by atoms with Crippen molar-refractivity contribution < 1.29 is 0 Å². The Kier molecular flexibility index (Phi) is 3.99. The van der Waals surface area contributed by atoms with Gasteiger partial charge >= 0.3 is 0 Å². The molecule has 0 N–H and O–H groups in total. The fraction of sp³-hybridized carbons (Fsp3) is 0.538. The summed E-state index contributed by atoms with van der Waals surface area (Å²) in [6.07, 6.45) is 11.1. The van der Waals surface area contributed by atoms with Crippen LogP contribution in [0, 0.1) is 0 Å². The van der Waals surface area contributed by atoms with Gasteiger partial charge in [0.25, 0.3) is 0 Å². The second-order valence-electron chi connectivity index (χ2n) is 4.51.